The molecule has 0 saturated carbocycles. The Morgan fingerprint density at radius 2 is 1.81 bits per heavy atom. The Labute approximate surface area is 204 Å². The number of phenolic OH excluding ortho intramolecular Hbond substituents is 1. The number of hydrogen-bond donors (Lipinski definition) is 2. The van der Waals surface area contributed by atoms with E-state index < -0.39 is 5.97 Å². The standard InChI is InChI=1S/C24H25FN2O3.Na.H/c1-14-22(15(2)27(26-14)13-23(28)29)12-17-11-18(10-16-6-8-19(25)9-7-16)24(30)21-5-3-4-20(17)21;;/h6-9,11,30H,3-5,10,12-13H2,1-2H3,(H,28,29);;/q;+1;-1. The molecule has 0 aliphatic heterocycles. The molecule has 0 radical (unpaired) electrons. The third kappa shape index (κ3) is 4.86. The molecule has 3 aromatic rings. The van der Waals surface area contributed by atoms with Gasteiger partial charge in [-0.05, 0) is 73.1 Å². The van der Waals surface area contributed by atoms with E-state index in [1.165, 1.54) is 22.4 Å². The summed E-state index contributed by atoms with van der Waals surface area (Å²) in [6.45, 7) is 3.65. The van der Waals surface area contributed by atoms with Crippen molar-refractivity contribution in [2.75, 3.05) is 0 Å². The third-order valence-electron chi connectivity index (χ3n) is 6.04. The van der Waals surface area contributed by atoms with Crippen molar-refractivity contribution in [3.63, 3.8) is 0 Å². The van der Waals surface area contributed by atoms with Gasteiger partial charge in [-0.3, -0.25) is 9.48 Å². The number of phenols is 1. The second-order valence-electron chi connectivity index (χ2n) is 8.03. The van der Waals surface area contributed by atoms with Crippen LogP contribution < -0.4 is 29.6 Å². The summed E-state index contributed by atoms with van der Waals surface area (Å²) in [4.78, 5) is 11.1. The van der Waals surface area contributed by atoms with Gasteiger partial charge in [0, 0.05) is 24.1 Å². The molecule has 0 unspecified atom stereocenters. The summed E-state index contributed by atoms with van der Waals surface area (Å²) in [5, 5.41) is 24.4. The number of benzene rings is 2. The van der Waals surface area contributed by atoms with Crippen molar-refractivity contribution in [1.82, 2.24) is 9.78 Å². The summed E-state index contributed by atoms with van der Waals surface area (Å²) in [7, 11) is 0. The monoisotopic (exact) mass is 432 g/mol. The summed E-state index contributed by atoms with van der Waals surface area (Å²) in [5.74, 6) is -0.841. The topological polar surface area (TPSA) is 75.4 Å². The number of carboxylic acid groups (broad SMARTS) is 1. The minimum atomic E-state index is -0.917. The Morgan fingerprint density at radius 1 is 1.13 bits per heavy atom. The summed E-state index contributed by atoms with van der Waals surface area (Å²) in [6.07, 6.45) is 3.96. The van der Waals surface area contributed by atoms with Crippen LogP contribution in [0.1, 0.15) is 52.6 Å². The molecule has 0 amide bonds. The van der Waals surface area contributed by atoms with Crippen LogP contribution in [0.25, 0.3) is 0 Å². The zero-order valence-electron chi connectivity index (χ0n) is 19.2. The number of carboxylic acids is 1. The molecule has 5 nitrogen and oxygen atoms in total. The van der Waals surface area contributed by atoms with Crippen molar-refractivity contribution >= 4 is 5.97 Å². The molecule has 0 bridgehead atoms. The maximum Gasteiger partial charge on any atom is 1.00 e. The fourth-order valence-electron chi connectivity index (χ4n) is 4.50. The van der Waals surface area contributed by atoms with Crippen molar-refractivity contribution in [3.05, 3.63) is 80.9 Å². The molecular weight excluding hydrogens is 406 g/mol. The van der Waals surface area contributed by atoms with Crippen LogP contribution in [0.5, 0.6) is 5.75 Å². The van der Waals surface area contributed by atoms with E-state index in [0.29, 0.717) is 18.6 Å². The molecule has 0 fully saturated rings. The zero-order valence-corrected chi connectivity index (χ0v) is 20.2. The Morgan fingerprint density at radius 3 is 2.48 bits per heavy atom. The number of aromatic hydroxyl groups is 1. The molecule has 4 rings (SSSR count). The van der Waals surface area contributed by atoms with Crippen LogP contribution >= 0.6 is 0 Å². The van der Waals surface area contributed by atoms with Crippen molar-refractivity contribution in [2.24, 2.45) is 0 Å². The van der Waals surface area contributed by atoms with Crippen LogP contribution in [0.4, 0.5) is 4.39 Å². The van der Waals surface area contributed by atoms with Gasteiger partial charge in [0.05, 0.1) is 5.69 Å². The molecule has 2 N–H and O–H groups in total. The van der Waals surface area contributed by atoms with Gasteiger partial charge in [-0.15, -0.1) is 0 Å². The molecule has 1 heterocycles. The van der Waals surface area contributed by atoms with Gasteiger partial charge in [-0.1, -0.05) is 18.2 Å². The van der Waals surface area contributed by atoms with Gasteiger partial charge in [0.1, 0.15) is 18.1 Å². The number of aliphatic carboxylic acids is 1. The quantitative estimate of drug-likeness (QED) is 0.575. The third-order valence-corrected chi connectivity index (χ3v) is 6.04. The second-order valence-corrected chi connectivity index (χ2v) is 8.03. The van der Waals surface area contributed by atoms with E-state index in [4.69, 9.17) is 5.11 Å². The summed E-state index contributed by atoms with van der Waals surface area (Å²) in [5.41, 5.74) is 7.85. The van der Waals surface area contributed by atoms with Gasteiger partial charge in [0.25, 0.3) is 0 Å². The maximum atomic E-state index is 13.3. The summed E-state index contributed by atoms with van der Waals surface area (Å²) >= 11 is 0. The fraction of sp³-hybridized carbons (Fsp3) is 0.333. The number of aryl methyl sites for hydroxylation is 1. The molecule has 2 aromatic carbocycles. The van der Waals surface area contributed by atoms with E-state index in [2.05, 4.69) is 11.2 Å². The van der Waals surface area contributed by atoms with E-state index in [-0.39, 0.29) is 43.3 Å². The van der Waals surface area contributed by atoms with Crippen LogP contribution in [0, 0.1) is 19.7 Å². The zero-order chi connectivity index (χ0) is 21.4. The summed E-state index contributed by atoms with van der Waals surface area (Å²) < 4.78 is 14.8. The molecule has 0 atom stereocenters. The number of carbonyl (C=O) groups is 1. The van der Waals surface area contributed by atoms with Crippen LogP contribution in [-0.4, -0.2) is 26.0 Å². The van der Waals surface area contributed by atoms with E-state index in [9.17, 15) is 14.3 Å². The second kappa shape index (κ2) is 9.55. The maximum absolute atomic E-state index is 13.3. The predicted molar refractivity (Wildman–Crippen MR) is 113 cm³/mol. The van der Waals surface area contributed by atoms with E-state index in [0.717, 1.165) is 58.5 Å². The fourth-order valence-corrected chi connectivity index (χ4v) is 4.50. The first kappa shape index (κ1) is 23.5. The van der Waals surface area contributed by atoms with Crippen LogP contribution in [0.2, 0.25) is 0 Å². The average molecular weight is 432 g/mol. The van der Waals surface area contributed by atoms with Gasteiger partial charge in [-0.2, -0.15) is 5.10 Å². The van der Waals surface area contributed by atoms with Gasteiger partial charge < -0.3 is 11.6 Å². The smallest absolute Gasteiger partial charge is 1.00 e. The Hall–Kier alpha value is -2.15. The van der Waals surface area contributed by atoms with Crippen molar-refractivity contribution in [2.45, 2.75) is 52.5 Å². The van der Waals surface area contributed by atoms with Gasteiger partial charge in [-0.25, -0.2) is 4.39 Å². The molecule has 1 aromatic heterocycles. The number of rotatable bonds is 6. The minimum Gasteiger partial charge on any atom is -1.00 e. The van der Waals surface area contributed by atoms with Crippen LogP contribution in [0.3, 0.4) is 0 Å². The van der Waals surface area contributed by atoms with E-state index in [1.807, 2.05) is 13.8 Å². The van der Waals surface area contributed by atoms with Gasteiger partial charge in [0.15, 0.2) is 0 Å². The van der Waals surface area contributed by atoms with E-state index in [1.54, 1.807) is 12.1 Å². The number of nitrogens with zero attached hydrogens (tertiary/aromatic N) is 2. The van der Waals surface area contributed by atoms with Crippen LogP contribution in [-0.2, 0) is 37.0 Å². The predicted octanol–water partition coefficient (Wildman–Crippen LogP) is 1.22. The van der Waals surface area contributed by atoms with Crippen molar-refractivity contribution in [1.29, 1.82) is 0 Å². The average Bonchev–Trinajstić information content (AvgIpc) is 3.28. The molecule has 0 saturated heterocycles. The SMILES string of the molecule is Cc1nn(CC(=O)O)c(C)c1Cc1cc(Cc2ccc(F)cc2)c(O)c2c1CCC2.[H-].[Na+]. The minimum absolute atomic E-state index is 0. The molecule has 1 aliphatic carbocycles. The van der Waals surface area contributed by atoms with Crippen LogP contribution in [0.15, 0.2) is 30.3 Å². The number of aromatic nitrogens is 2. The molecule has 31 heavy (non-hydrogen) atoms. The number of fused-ring (bicyclic) bond motifs is 1. The first-order valence-electron chi connectivity index (χ1n) is 10.2. The number of hydrogen-bond acceptors (Lipinski definition) is 3. The van der Waals surface area contributed by atoms with Crippen molar-refractivity contribution in [3.8, 4) is 5.75 Å². The molecular formula is C24H26FN2NaO3. The normalized spacial score (nSPS) is 12.5. The molecule has 1 aliphatic rings. The van der Waals surface area contributed by atoms with E-state index >= 15 is 0 Å². The Kier molecular flexibility index (Phi) is 7.24. The first-order valence-corrected chi connectivity index (χ1v) is 10.2. The Bertz CT molecular complexity index is 1130. The van der Waals surface area contributed by atoms with Gasteiger partial charge in [0.2, 0.25) is 0 Å². The first-order chi connectivity index (χ1) is 14.3. The molecule has 158 valence electrons. The largest absolute Gasteiger partial charge is 1.00 e. The van der Waals surface area contributed by atoms with Crippen molar-refractivity contribution < 1.29 is 50.4 Å². The number of halogens is 1. The Balaban J connectivity index is 0.00000181. The van der Waals surface area contributed by atoms with Gasteiger partial charge >= 0.3 is 35.5 Å². The molecule has 0 spiro atoms. The summed E-state index contributed by atoms with van der Waals surface area (Å²) in [6, 6.07) is 8.41. The molecule has 7 heteroatoms.